The molecule has 1 N–H and O–H groups in total. The van der Waals surface area contributed by atoms with E-state index in [0.29, 0.717) is 6.61 Å². The second kappa shape index (κ2) is 5.17. The molecule has 1 saturated heterocycles. The quantitative estimate of drug-likeness (QED) is 0.656. The third-order valence-electron chi connectivity index (χ3n) is 1.83. The molecule has 0 aromatic rings. The number of aliphatic hydroxyl groups is 1. The molecule has 0 radical (unpaired) electrons. The zero-order chi connectivity index (χ0) is 9.68. The molecule has 0 amide bonds. The van der Waals surface area contributed by atoms with Crippen LogP contribution in [-0.2, 0) is 9.47 Å². The summed E-state index contributed by atoms with van der Waals surface area (Å²) in [6, 6.07) is 0. The van der Waals surface area contributed by atoms with Crippen molar-refractivity contribution in [3.05, 3.63) is 24.3 Å². The molecule has 0 unspecified atom stereocenters. The fourth-order valence-corrected chi connectivity index (χ4v) is 1.14. The Bertz CT molecular complexity index is 198. The van der Waals surface area contributed by atoms with Crippen LogP contribution in [0.15, 0.2) is 24.3 Å². The SMILES string of the molecule is C/C=C/C=C/[C@@H]1O[C@H](C)OC[C@H]1O. The molecule has 0 saturated carbocycles. The van der Waals surface area contributed by atoms with E-state index in [1.54, 1.807) is 0 Å². The number of ether oxygens (including phenoxy) is 2. The Morgan fingerprint density at radius 3 is 2.85 bits per heavy atom. The smallest absolute Gasteiger partial charge is 0.155 e. The number of hydrogen-bond acceptors (Lipinski definition) is 3. The lowest BCUT2D eigenvalue weighted by atomic mass is 10.2. The van der Waals surface area contributed by atoms with Gasteiger partial charge in [0.15, 0.2) is 6.29 Å². The van der Waals surface area contributed by atoms with E-state index in [-0.39, 0.29) is 12.4 Å². The maximum Gasteiger partial charge on any atom is 0.155 e. The Morgan fingerprint density at radius 2 is 2.15 bits per heavy atom. The average Bonchev–Trinajstić information content (AvgIpc) is 2.11. The van der Waals surface area contributed by atoms with Gasteiger partial charge in [0.25, 0.3) is 0 Å². The van der Waals surface area contributed by atoms with E-state index in [2.05, 4.69) is 0 Å². The van der Waals surface area contributed by atoms with E-state index in [1.165, 1.54) is 0 Å². The highest BCUT2D eigenvalue weighted by molar-refractivity contribution is 5.05. The van der Waals surface area contributed by atoms with Gasteiger partial charge in [-0.15, -0.1) is 0 Å². The minimum absolute atomic E-state index is 0.233. The van der Waals surface area contributed by atoms with Crippen molar-refractivity contribution >= 4 is 0 Å². The van der Waals surface area contributed by atoms with Crippen LogP contribution in [0, 0.1) is 0 Å². The van der Waals surface area contributed by atoms with Gasteiger partial charge in [-0.2, -0.15) is 0 Å². The topological polar surface area (TPSA) is 38.7 Å². The monoisotopic (exact) mass is 184 g/mol. The molecular weight excluding hydrogens is 168 g/mol. The van der Waals surface area contributed by atoms with Crippen LogP contribution in [0.1, 0.15) is 13.8 Å². The second-order valence-corrected chi connectivity index (χ2v) is 2.98. The summed E-state index contributed by atoms with van der Waals surface area (Å²) in [5.41, 5.74) is 0. The van der Waals surface area contributed by atoms with Crippen LogP contribution in [0.5, 0.6) is 0 Å². The lowest BCUT2D eigenvalue weighted by Crippen LogP contribution is -2.41. The Morgan fingerprint density at radius 1 is 1.38 bits per heavy atom. The Labute approximate surface area is 78.7 Å². The molecule has 3 atom stereocenters. The fourth-order valence-electron chi connectivity index (χ4n) is 1.14. The molecule has 74 valence electrons. The Kier molecular flexibility index (Phi) is 4.15. The molecule has 0 aliphatic carbocycles. The first-order valence-corrected chi connectivity index (χ1v) is 4.48. The molecule has 3 heteroatoms. The Hall–Kier alpha value is -0.640. The van der Waals surface area contributed by atoms with Crippen molar-refractivity contribution < 1.29 is 14.6 Å². The third kappa shape index (κ3) is 3.30. The van der Waals surface area contributed by atoms with Crippen molar-refractivity contribution in [1.29, 1.82) is 0 Å². The molecule has 13 heavy (non-hydrogen) atoms. The zero-order valence-corrected chi connectivity index (χ0v) is 8.01. The molecule has 0 bridgehead atoms. The summed E-state index contributed by atoms with van der Waals surface area (Å²) in [5, 5.41) is 9.46. The minimum atomic E-state index is -0.558. The van der Waals surface area contributed by atoms with Gasteiger partial charge >= 0.3 is 0 Å². The summed E-state index contributed by atoms with van der Waals surface area (Å²) < 4.78 is 10.5. The van der Waals surface area contributed by atoms with Crippen molar-refractivity contribution in [2.45, 2.75) is 32.3 Å². The van der Waals surface area contributed by atoms with Crippen molar-refractivity contribution in [2.24, 2.45) is 0 Å². The third-order valence-corrected chi connectivity index (χ3v) is 1.83. The van der Waals surface area contributed by atoms with E-state index in [9.17, 15) is 5.11 Å². The van der Waals surface area contributed by atoms with Gasteiger partial charge in [-0.05, 0) is 13.8 Å². The van der Waals surface area contributed by atoms with Gasteiger partial charge in [0.1, 0.15) is 12.2 Å². The summed E-state index contributed by atoms with van der Waals surface area (Å²) in [6.45, 7) is 4.10. The van der Waals surface area contributed by atoms with Crippen molar-refractivity contribution in [3.8, 4) is 0 Å². The lowest BCUT2D eigenvalue weighted by Gasteiger charge is -2.30. The van der Waals surface area contributed by atoms with Gasteiger partial charge in [-0.25, -0.2) is 0 Å². The predicted molar refractivity (Wildman–Crippen MR) is 50.2 cm³/mol. The highest BCUT2D eigenvalue weighted by Gasteiger charge is 2.25. The van der Waals surface area contributed by atoms with Crippen molar-refractivity contribution in [2.75, 3.05) is 6.61 Å². The highest BCUT2D eigenvalue weighted by atomic mass is 16.7. The normalized spacial score (nSPS) is 36.1. The van der Waals surface area contributed by atoms with Crippen LogP contribution in [0.25, 0.3) is 0 Å². The van der Waals surface area contributed by atoms with Gasteiger partial charge in [0.05, 0.1) is 6.61 Å². The summed E-state index contributed by atoms with van der Waals surface area (Å²) in [6.07, 6.45) is 6.48. The zero-order valence-electron chi connectivity index (χ0n) is 8.01. The van der Waals surface area contributed by atoms with Gasteiger partial charge in [-0.1, -0.05) is 24.3 Å². The largest absolute Gasteiger partial charge is 0.388 e. The molecule has 1 aliphatic rings. The first-order chi connectivity index (χ1) is 6.24. The summed E-state index contributed by atoms with van der Waals surface area (Å²) in [7, 11) is 0. The molecule has 0 spiro atoms. The number of rotatable bonds is 2. The maximum absolute atomic E-state index is 9.46. The average molecular weight is 184 g/mol. The van der Waals surface area contributed by atoms with Crippen LogP contribution in [0.4, 0.5) is 0 Å². The molecular formula is C10H16O3. The molecule has 3 nitrogen and oxygen atoms in total. The molecule has 0 aromatic heterocycles. The molecule has 0 aromatic carbocycles. The minimum Gasteiger partial charge on any atom is -0.388 e. The highest BCUT2D eigenvalue weighted by Crippen LogP contribution is 2.13. The van der Waals surface area contributed by atoms with E-state index >= 15 is 0 Å². The summed E-state index contributed by atoms with van der Waals surface area (Å²) in [5.74, 6) is 0. The molecule has 1 heterocycles. The van der Waals surface area contributed by atoms with Crippen LogP contribution in [-0.4, -0.2) is 30.2 Å². The number of allylic oxidation sites excluding steroid dienone is 3. The standard InChI is InChI=1S/C10H16O3/c1-3-4-5-6-10-9(11)7-12-8(2)13-10/h3-6,8-11H,7H2,1-2H3/b4-3+,6-5+/t8-,9-,10+/m1/s1. The van der Waals surface area contributed by atoms with Crippen LogP contribution in [0.3, 0.4) is 0 Å². The Balaban J connectivity index is 2.46. The number of hydrogen-bond donors (Lipinski definition) is 1. The van der Waals surface area contributed by atoms with E-state index in [1.807, 2.05) is 38.2 Å². The van der Waals surface area contributed by atoms with Crippen LogP contribution < -0.4 is 0 Å². The first-order valence-electron chi connectivity index (χ1n) is 4.48. The number of aliphatic hydroxyl groups excluding tert-OH is 1. The summed E-state index contributed by atoms with van der Waals surface area (Å²) >= 11 is 0. The van der Waals surface area contributed by atoms with E-state index in [0.717, 1.165) is 0 Å². The van der Waals surface area contributed by atoms with Crippen molar-refractivity contribution in [3.63, 3.8) is 0 Å². The summed E-state index contributed by atoms with van der Waals surface area (Å²) in [4.78, 5) is 0. The van der Waals surface area contributed by atoms with Gasteiger partial charge in [0, 0.05) is 0 Å². The van der Waals surface area contributed by atoms with Crippen molar-refractivity contribution in [1.82, 2.24) is 0 Å². The molecule has 1 fully saturated rings. The molecule has 1 aliphatic heterocycles. The van der Waals surface area contributed by atoms with E-state index < -0.39 is 6.10 Å². The van der Waals surface area contributed by atoms with Gasteiger partial charge < -0.3 is 14.6 Å². The van der Waals surface area contributed by atoms with Crippen LogP contribution in [0.2, 0.25) is 0 Å². The van der Waals surface area contributed by atoms with E-state index in [4.69, 9.17) is 9.47 Å². The first kappa shape index (κ1) is 10.4. The lowest BCUT2D eigenvalue weighted by molar-refractivity contribution is -0.230. The molecule has 1 rings (SSSR count). The predicted octanol–water partition coefficient (Wildman–Crippen LogP) is 1.24. The second-order valence-electron chi connectivity index (χ2n) is 2.98. The van der Waals surface area contributed by atoms with Gasteiger partial charge in [-0.3, -0.25) is 0 Å². The maximum atomic E-state index is 9.46. The van der Waals surface area contributed by atoms with Crippen LogP contribution >= 0.6 is 0 Å². The fraction of sp³-hybridized carbons (Fsp3) is 0.600. The van der Waals surface area contributed by atoms with Gasteiger partial charge in [0.2, 0.25) is 0 Å².